The van der Waals surface area contributed by atoms with E-state index in [1.165, 1.54) is 7.11 Å². The summed E-state index contributed by atoms with van der Waals surface area (Å²) in [5, 5.41) is 0. The summed E-state index contributed by atoms with van der Waals surface area (Å²) in [6.07, 6.45) is 3.61. The average molecular weight is 631 g/mol. The topological polar surface area (TPSA) is 124 Å². The number of hydrogen-bond acceptors (Lipinski definition) is 10. The van der Waals surface area contributed by atoms with Crippen LogP contribution in [-0.2, 0) is 28.6 Å². The maximum Gasteiger partial charge on any atom is 0.343 e. The summed E-state index contributed by atoms with van der Waals surface area (Å²) in [5.74, 6) is -0.348. The molecule has 242 valence electrons. The Labute approximate surface area is 268 Å². The molecule has 3 aromatic carbocycles. The van der Waals surface area contributed by atoms with Gasteiger partial charge < -0.3 is 28.4 Å². The highest BCUT2D eigenvalue weighted by Crippen LogP contribution is 2.24. The van der Waals surface area contributed by atoms with Crippen molar-refractivity contribution >= 4 is 23.9 Å². The number of carbonyl (C=O) groups is 4. The summed E-state index contributed by atoms with van der Waals surface area (Å²) in [6, 6.07) is 21.5. The minimum Gasteiger partial charge on any atom is -0.494 e. The minimum absolute atomic E-state index is 0.0466. The van der Waals surface area contributed by atoms with Crippen LogP contribution in [0.1, 0.15) is 42.5 Å². The Morgan fingerprint density at radius 3 is 1.67 bits per heavy atom. The molecule has 0 aliphatic heterocycles. The third kappa shape index (κ3) is 12.3. The predicted octanol–water partition coefficient (Wildman–Crippen LogP) is 6.28. The molecule has 3 aromatic rings. The largest absolute Gasteiger partial charge is 0.494 e. The highest BCUT2D eigenvalue weighted by Gasteiger charge is 2.13. The van der Waals surface area contributed by atoms with E-state index in [9.17, 15) is 19.2 Å². The quantitative estimate of drug-likeness (QED) is 0.0491. The van der Waals surface area contributed by atoms with Gasteiger partial charge in [-0.15, -0.1) is 0 Å². The molecule has 10 nitrogen and oxygen atoms in total. The molecule has 0 fully saturated rings. The summed E-state index contributed by atoms with van der Waals surface area (Å²) in [5.41, 5.74) is 2.38. The first-order valence-corrected chi connectivity index (χ1v) is 14.8. The molecule has 0 saturated carbocycles. The van der Waals surface area contributed by atoms with Crippen LogP contribution in [-0.4, -0.2) is 57.4 Å². The number of esters is 4. The molecule has 0 heterocycles. The van der Waals surface area contributed by atoms with Crippen LogP contribution in [0, 0.1) is 0 Å². The Morgan fingerprint density at radius 2 is 1.13 bits per heavy atom. The highest BCUT2D eigenvalue weighted by atomic mass is 16.5. The zero-order valence-corrected chi connectivity index (χ0v) is 25.9. The predicted molar refractivity (Wildman–Crippen MR) is 171 cm³/mol. The number of rotatable bonds is 19. The van der Waals surface area contributed by atoms with E-state index < -0.39 is 23.9 Å². The van der Waals surface area contributed by atoms with E-state index in [2.05, 4.69) is 17.9 Å². The van der Waals surface area contributed by atoms with Crippen molar-refractivity contribution < 1.29 is 47.6 Å². The number of ether oxygens (including phenoxy) is 6. The van der Waals surface area contributed by atoms with Crippen LogP contribution in [0.5, 0.6) is 17.2 Å². The van der Waals surface area contributed by atoms with Crippen molar-refractivity contribution in [3.8, 4) is 28.4 Å². The van der Waals surface area contributed by atoms with Gasteiger partial charge in [0.15, 0.2) is 0 Å². The second-order valence-electron chi connectivity index (χ2n) is 9.94. The molecule has 0 aliphatic carbocycles. The Morgan fingerprint density at radius 1 is 0.652 bits per heavy atom. The van der Waals surface area contributed by atoms with Gasteiger partial charge in [0.25, 0.3) is 0 Å². The molecule has 3 rings (SSSR count). The van der Waals surface area contributed by atoms with Gasteiger partial charge in [-0.25, -0.2) is 14.4 Å². The van der Waals surface area contributed by atoms with E-state index in [0.29, 0.717) is 56.1 Å². The van der Waals surface area contributed by atoms with E-state index in [-0.39, 0.29) is 18.6 Å². The third-order valence-electron chi connectivity index (χ3n) is 6.48. The van der Waals surface area contributed by atoms with Gasteiger partial charge in [-0.2, -0.15) is 0 Å². The molecular weight excluding hydrogens is 592 g/mol. The molecular formula is C36H38O10. The monoisotopic (exact) mass is 630 g/mol. The van der Waals surface area contributed by atoms with Crippen molar-refractivity contribution in [1.82, 2.24) is 0 Å². The van der Waals surface area contributed by atoms with Crippen molar-refractivity contribution in [2.45, 2.75) is 32.1 Å². The fourth-order valence-electron chi connectivity index (χ4n) is 3.92. The van der Waals surface area contributed by atoms with Crippen LogP contribution in [0.2, 0.25) is 0 Å². The average Bonchev–Trinajstić information content (AvgIpc) is 3.08. The van der Waals surface area contributed by atoms with Gasteiger partial charge in [0.05, 0.1) is 45.5 Å². The SMILES string of the molecule is C=CC(=O)OCCCCOc1ccc(-c2ccc(C(=O)Oc3ccc(OCCCCOC(=O)C(=C)CC(=O)OC)cc3)cc2)cc1. The van der Waals surface area contributed by atoms with E-state index in [1.54, 1.807) is 36.4 Å². The fourth-order valence-corrected chi connectivity index (χ4v) is 3.92. The molecule has 0 atom stereocenters. The number of unbranched alkanes of at least 4 members (excludes halogenated alkanes) is 2. The van der Waals surface area contributed by atoms with E-state index in [0.717, 1.165) is 29.4 Å². The lowest BCUT2D eigenvalue weighted by Crippen LogP contribution is -2.13. The number of hydrogen-bond donors (Lipinski definition) is 0. The van der Waals surface area contributed by atoms with Crippen LogP contribution in [0.3, 0.4) is 0 Å². The smallest absolute Gasteiger partial charge is 0.343 e. The summed E-state index contributed by atoms with van der Waals surface area (Å²) in [4.78, 5) is 46.7. The van der Waals surface area contributed by atoms with E-state index in [4.69, 9.17) is 23.7 Å². The second-order valence-corrected chi connectivity index (χ2v) is 9.94. The lowest BCUT2D eigenvalue weighted by Gasteiger charge is -2.09. The standard InChI is InChI=1S/C36H38O10/c1-4-33(37)44-23-7-5-21-42-30-15-13-28(14-16-30)27-9-11-29(12-10-27)36(40)46-32-19-17-31(18-20-32)43-22-6-8-24-45-35(39)26(2)25-34(38)41-3/h4,9-20H,1-2,5-8,21-25H2,3H3. The minimum atomic E-state index is -0.625. The van der Waals surface area contributed by atoms with Crippen molar-refractivity contribution in [2.24, 2.45) is 0 Å². The lowest BCUT2D eigenvalue weighted by molar-refractivity contribution is -0.144. The van der Waals surface area contributed by atoms with Crippen LogP contribution in [0.25, 0.3) is 11.1 Å². The summed E-state index contributed by atoms with van der Waals surface area (Å²) in [6.45, 7) is 8.32. The van der Waals surface area contributed by atoms with Gasteiger partial charge in [-0.05, 0) is 85.3 Å². The molecule has 0 aromatic heterocycles. The van der Waals surface area contributed by atoms with Crippen LogP contribution >= 0.6 is 0 Å². The van der Waals surface area contributed by atoms with Gasteiger partial charge in [0.1, 0.15) is 17.2 Å². The number of methoxy groups -OCH3 is 1. The lowest BCUT2D eigenvalue weighted by atomic mass is 10.0. The molecule has 0 spiro atoms. The van der Waals surface area contributed by atoms with Crippen LogP contribution in [0.4, 0.5) is 0 Å². The molecule has 0 saturated heterocycles. The molecule has 0 unspecified atom stereocenters. The fraction of sp³-hybridized carbons (Fsp3) is 0.278. The van der Waals surface area contributed by atoms with Crippen LogP contribution < -0.4 is 14.2 Å². The van der Waals surface area contributed by atoms with Crippen molar-refractivity contribution in [1.29, 1.82) is 0 Å². The second kappa shape index (κ2) is 19.1. The normalized spacial score (nSPS) is 10.3. The Kier molecular flexibility index (Phi) is 14.6. The molecule has 0 bridgehead atoms. The van der Waals surface area contributed by atoms with Crippen molar-refractivity contribution in [2.75, 3.05) is 33.5 Å². The molecule has 10 heteroatoms. The Bertz CT molecular complexity index is 1460. The summed E-state index contributed by atoms with van der Waals surface area (Å²) < 4.78 is 31.5. The highest BCUT2D eigenvalue weighted by molar-refractivity contribution is 5.93. The summed E-state index contributed by atoms with van der Waals surface area (Å²) in [7, 11) is 1.24. The summed E-state index contributed by atoms with van der Waals surface area (Å²) >= 11 is 0. The maximum atomic E-state index is 12.7. The molecule has 46 heavy (non-hydrogen) atoms. The zero-order chi connectivity index (χ0) is 33.1. The Balaban J connectivity index is 1.35. The van der Waals surface area contributed by atoms with Gasteiger partial charge in [-0.1, -0.05) is 37.4 Å². The van der Waals surface area contributed by atoms with E-state index >= 15 is 0 Å². The van der Waals surface area contributed by atoms with Gasteiger partial charge >= 0.3 is 23.9 Å². The third-order valence-corrected chi connectivity index (χ3v) is 6.48. The first kappa shape index (κ1) is 35.1. The van der Waals surface area contributed by atoms with Gasteiger partial charge in [0.2, 0.25) is 0 Å². The van der Waals surface area contributed by atoms with Gasteiger partial charge in [0, 0.05) is 11.6 Å². The molecule has 0 radical (unpaired) electrons. The number of benzene rings is 3. The van der Waals surface area contributed by atoms with Gasteiger partial charge in [-0.3, -0.25) is 4.79 Å². The number of carbonyl (C=O) groups excluding carboxylic acids is 4. The van der Waals surface area contributed by atoms with Crippen molar-refractivity contribution in [3.05, 3.63) is 103 Å². The van der Waals surface area contributed by atoms with Crippen LogP contribution in [0.15, 0.2) is 97.6 Å². The zero-order valence-electron chi connectivity index (χ0n) is 25.9. The first-order chi connectivity index (χ1) is 22.3. The molecule has 0 amide bonds. The first-order valence-electron chi connectivity index (χ1n) is 14.8. The molecule has 0 N–H and O–H groups in total. The van der Waals surface area contributed by atoms with Crippen molar-refractivity contribution in [3.63, 3.8) is 0 Å². The maximum absolute atomic E-state index is 12.7. The van der Waals surface area contributed by atoms with E-state index in [1.807, 2.05) is 36.4 Å². The molecule has 0 aliphatic rings. The Hall–Kier alpha value is -5.38.